The average molecular weight is 223 g/mol. The van der Waals surface area contributed by atoms with Gasteiger partial charge in [-0.3, -0.25) is 4.79 Å². The topological polar surface area (TPSA) is 58.6 Å². The standard InChI is InChI=1S/C12H17NO3/c1-8-6-10(16-3)4-5-11(8)13-7-9(2)12(14)15/h4-6,9,13H,7H2,1-3H3,(H,14,15). The van der Waals surface area contributed by atoms with E-state index in [4.69, 9.17) is 9.84 Å². The molecule has 0 aliphatic heterocycles. The Labute approximate surface area is 95.2 Å². The number of carboxylic acids is 1. The molecular formula is C12H17NO3. The second-order valence-corrected chi connectivity index (χ2v) is 3.80. The molecule has 4 heteroatoms. The third-order valence-electron chi connectivity index (χ3n) is 2.45. The molecule has 0 spiro atoms. The first-order valence-electron chi connectivity index (χ1n) is 5.16. The van der Waals surface area contributed by atoms with E-state index in [9.17, 15) is 4.79 Å². The van der Waals surface area contributed by atoms with E-state index in [0.29, 0.717) is 6.54 Å². The van der Waals surface area contributed by atoms with Crippen LogP contribution in [0.15, 0.2) is 18.2 Å². The Bertz CT molecular complexity index is 377. The lowest BCUT2D eigenvalue weighted by atomic mass is 10.1. The van der Waals surface area contributed by atoms with Crippen LogP contribution in [0, 0.1) is 12.8 Å². The first kappa shape index (κ1) is 12.4. The van der Waals surface area contributed by atoms with Gasteiger partial charge in [-0.15, -0.1) is 0 Å². The van der Waals surface area contributed by atoms with Gasteiger partial charge in [0.2, 0.25) is 0 Å². The van der Waals surface area contributed by atoms with Gasteiger partial charge in [0.15, 0.2) is 0 Å². The summed E-state index contributed by atoms with van der Waals surface area (Å²) in [7, 11) is 1.62. The lowest BCUT2D eigenvalue weighted by Gasteiger charge is -2.12. The molecule has 88 valence electrons. The number of ether oxygens (including phenoxy) is 1. The fourth-order valence-corrected chi connectivity index (χ4v) is 1.31. The number of carboxylic acid groups (broad SMARTS) is 1. The van der Waals surface area contributed by atoms with Gasteiger partial charge in [-0.05, 0) is 30.7 Å². The van der Waals surface area contributed by atoms with Gasteiger partial charge in [-0.25, -0.2) is 0 Å². The minimum absolute atomic E-state index is 0.401. The van der Waals surface area contributed by atoms with Crippen LogP contribution < -0.4 is 10.1 Å². The summed E-state index contributed by atoms with van der Waals surface area (Å²) in [6.45, 7) is 4.05. The molecule has 2 N–H and O–H groups in total. The van der Waals surface area contributed by atoms with Crippen molar-refractivity contribution in [2.24, 2.45) is 5.92 Å². The summed E-state index contributed by atoms with van der Waals surface area (Å²) in [6, 6.07) is 5.65. The first-order chi connectivity index (χ1) is 7.54. The predicted molar refractivity (Wildman–Crippen MR) is 63.0 cm³/mol. The van der Waals surface area contributed by atoms with Crippen LogP contribution in [0.1, 0.15) is 12.5 Å². The van der Waals surface area contributed by atoms with Crippen molar-refractivity contribution in [2.45, 2.75) is 13.8 Å². The molecule has 0 saturated heterocycles. The van der Waals surface area contributed by atoms with Crippen molar-refractivity contribution in [3.63, 3.8) is 0 Å². The minimum atomic E-state index is -0.793. The van der Waals surface area contributed by atoms with Crippen LogP contribution in [0.2, 0.25) is 0 Å². The summed E-state index contributed by atoms with van der Waals surface area (Å²) in [5.74, 6) is -0.394. The maximum Gasteiger partial charge on any atom is 0.308 e. The lowest BCUT2D eigenvalue weighted by Crippen LogP contribution is -2.19. The fourth-order valence-electron chi connectivity index (χ4n) is 1.31. The fraction of sp³-hybridized carbons (Fsp3) is 0.417. The molecule has 0 aliphatic rings. The van der Waals surface area contributed by atoms with Crippen LogP contribution >= 0.6 is 0 Å². The molecule has 0 amide bonds. The number of aliphatic carboxylic acids is 1. The van der Waals surface area contributed by atoms with Crippen molar-refractivity contribution < 1.29 is 14.6 Å². The van der Waals surface area contributed by atoms with Crippen molar-refractivity contribution in [2.75, 3.05) is 19.0 Å². The van der Waals surface area contributed by atoms with Gasteiger partial charge in [0, 0.05) is 12.2 Å². The summed E-state index contributed by atoms with van der Waals surface area (Å²) < 4.78 is 5.09. The number of anilines is 1. The van der Waals surface area contributed by atoms with E-state index in [1.165, 1.54) is 0 Å². The van der Waals surface area contributed by atoms with Gasteiger partial charge in [0.05, 0.1) is 13.0 Å². The van der Waals surface area contributed by atoms with E-state index in [1.54, 1.807) is 14.0 Å². The lowest BCUT2D eigenvalue weighted by molar-refractivity contribution is -0.140. The number of rotatable bonds is 5. The normalized spacial score (nSPS) is 11.9. The molecule has 0 radical (unpaired) electrons. The third kappa shape index (κ3) is 3.15. The third-order valence-corrected chi connectivity index (χ3v) is 2.45. The minimum Gasteiger partial charge on any atom is -0.497 e. The van der Waals surface area contributed by atoms with Crippen LogP contribution in [0.4, 0.5) is 5.69 Å². The monoisotopic (exact) mass is 223 g/mol. The van der Waals surface area contributed by atoms with Crippen LogP contribution in [-0.4, -0.2) is 24.7 Å². The van der Waals surface area contributed by atoms with Crippen LogP contribution in [-0.2, 0) is 4.79 Å². The van der Waals surface area contributed by atoms with Crippen LogP contribution in [0.3, 0.4) is 0 Å². The van der Waals surface area contributed by atoms with E-state index in [0.717, 1.165) is 17.0 Å². The Morgan fingerprint density at radius 2 is 2.25 bits per heavy atom. The molecule has 0 fully saturated rings. The van der Waals surface area contributed by atoms with Gasteiger partial charge >= 0.3 is 5.97 Å². The van der Waals surface area contributed by atoms with Crippen molar-refractivity contribution >= 4 is 11.7 Å². The number of hydrogen-bond acceptors (Lipinski definition) is 3. The van der Waals surface area contributed by atoms with E-state index < -0.39 is 11.9 Å². The van der Waals surface area contributed by atoms with Crippen molar-refractivity contribution in [3.05, 3.63) is 23.8 Å². The Morgan fingerprint density at radius 1 is 1.56 bits per heavy atom. The van der Waals surface area contributed by atoms with Gasteiger partial charge in [0.25, 0.3) is 0 Å². The predicted octanol–water partition coefficient (Wildman–Crippen LogP) is 2.14. The number of aryl methyl sites for hydroxylation is 1. The molecule has 0 saturated carbocycles. The molecule has 1 aromatic rings. The number of hydrogen-bond donors (Lipinski definition) is 2. The zero-order valence-corrected chi connectivity index (χ0v) is 9.78. The molecule has 1 unspecified atom stereocenters. The van der Waals surface area contributed by atoms with Gasteiger partial charge in [0.1, 0.15) is 5.75 Å². The highest BCUT2D eigenvalue weighted by Gasteiger charge is 2.10. The zero-order valence-electron chi connectivity index (χ0n) is 9.78. The van der Waals surface area contributed by atoms with Crippen LogP contribution in [0.25, 0.3) is 0 Å². The Morgan fingerprint density at radius 3 is 2.75 bits per heavy atom. The summed E-state index contributed by atoms with van der Waals surface area (Å²) in [6.07, 6.45) is 0. The summed E-state index contributed by atoms with van der Waals surface area (Å²) in [4.78, 5) is 10.6. The molecular weight excluding hydrogens is 206 g/mol. The molecule has 4 nitrogen and oxygen atoms in total. The Hall–Kier alpha value is -1.71. The molecule has 0 bridgehead atoms. The molecule has 16 heavy (non-hydrogen) atoms. The first-order valence-corrected chi connectivity index (χ1v) is 5.16. The molecule has 1 aromatic carbocycles. The highest BCUT2D eigenvalue weighted by atomic mass is 16.5. The van der Waals surface area contributed by atoms with Crippen LogP contribution in [0.5, 0.6) is 5.75 Å². The SMILES string of the molecule is COc1ccc(NCC(C)C(=O)O)c(C)c1. The Balaban J connectivity index is 2.64. The molecule has 1 atom stereocenters. The highest BCUT2D eigenvalue weighted by Crippen LogP contribution is 2.21. The highest BCUT2D eigenvalue weighted by molar-refractivity contribution is 5.70. The second-order valence-electron chi connectivity index (χ2n) is 3.80. The summed E-state index contributed by atoms with van der Waals surface area (Å²) in [5.41, 5.74) is 1.98. The summed E-state index contributed by atoms with van der Waals surface area (Å²) in [5, 5.41) is 11.9. The largest absolute Gasteiger partial charge is 0.497 e. The average Bonchev–Trinajstić information content (AvgIpc) is 2.26. The second kappa shape index (κ2) is 5.39. The maximum atomic E-state index is 10.6. The number of benzene rings is 1. The zero-order chi connectivity index (χ0) is 12.1. The van der Waals surface area contributed by atoms with Crippen molar-refractivity contribution in [1.29, 1.82) is 0 Å². The molecule has 0 aromatic heterocycles. The van der Waals surface area contributed by atoms with Crippen molar-refractivity contribution in [1.82, 2.24) is 0 Å². The van der Waals surface area contributed by atoms with Gasteiger partial charge in [-0.2, -0.15) is 0 Å². The van der Waals surface area contributed by atoms with E-state index in [1.807, 2.05) is 25.1 Å². The number of carbonyl (C=O) groups is 1. The van der Waals surface area contributed by atoms with E-state index in [-0.39, 0.29) is 0 Å². The number of methoxy groups -OCH3 is 1. The number of nitrogens with one attached hydrogen (secondary N) is 1. The smallest absolute Gasteiger partial charge is 0.308 e. The summed E-state index contributed by atoms with van der Waals surface area (Å²) >= 11 is 0. The Kier molecular flexibility index (Phi) is 4.17. The van der Waals surface area contributed by atoms with Gasteiger partial charge in [-0.1, -0.05) is 6.92 Å². The molecule has 0 heterocycles. The molecule has 0 aliphatic carbocycles. The maximum absolute atomic E-state index is 10.6. The quantitative estimate of drug-likeness (QED) is 0.803. The van der Waals surface area contributed by atoms with E-state index >= 15 is 0 Å². The van der Waals surface area contributed by atoms with Gasteiger partial charge < -0.3 is 15.2 Å². The van der Waals surface area contributed by atoms with E-state index in [2.05, 4.69) is 5.32 Å². The van der Waals surface area contributed by atoms with Crippen molar-refractivity contribution in [3.8, 4) is 5.75 Å². The molecule has 1 rings (SSSR count).